The van der Waals surface area contributed by atoms with Gasteiger partial charge in [-0.1, -0.05) is 30.3 Å². The number of amides is 1. The summed E-state index contributed by atoms with van der Waals surface area (Å²) in [5.74, 6) is -0.651. The topological polar surface area (TPSA) is 71.3 Å². The van der Waals surface area contributed by atoms with Gasteiger partial charge in [0, 0.05) is 35.6 Å². The van der Waals surface area contributed by atoms with E-state index in [1.54, 1.807) is 54.5 Å². The summed E-state index contributed by atoms with van der Waals surface area (Å²) in [6, 6.07) is 10.7. The highest BCUT2D eigenvalue weighted by atomic mass is 16.5. The summed E-state index contributed by atoms with van der Waals surface area (Å²) in [5, 5.41) is 8.59. The van der Waals surface area contributed by atoms with Crippen molar-refractivity contribution >= 4 is 17.8 Å². The van der Waals surface area contributed by atoms with Gasteiger partial charge in [0.2, 0.25) is 0 Å². The zero-order chi connectivity index (χ0) is 15.4. The van der Waals surface area contributed by atoms with Gasteiger partial charge in [0.05, 0.1) is 0 Å². The maximum atomic E-state index is 12.3. The van der Waals surface area contributed by atoms with Crippen LogP contribution in [0, 0.1) is 0 Å². The average Bonchev–Trinajstić information content (AvgIpc) is 2.87. The van der Waals surface area contributed by atoms with Gasteiger partial charge in [-0.3, -0.25) is 14.8 Å². The van der Waals surface area contributed by atoms with E-state index >= 15 is 0 Å². The summed E-state index contributed by atoms with van der Waals surface area (Å²) in [6.45, 7) is 1.58. The second-order valence-electron chi connectivity index (χ2n) is 4.73. The maximum Gasteiger partial charge on any atom is 0.270 e. The molecule has 0 aliphatic heterocycles. The van der Waals surface area contributed by atoms with Crippen LogP contribution in [0.5, 0.6) is 0 Å². The van der Waals surface area contributed by atoms with Crippen LogP contribution in [-0.4, -0.2) is 21.5 Å². The molecule has 0 aliphatic carbocycles. The zero-order valence-corrected chi connectivity index (χ0v) is 11.8. The Balaban J connectivity index is 2.32. The molecular formula is C16H16N2O3. The number of rotatable bonds is 4. The molecule has 1 aromatic carbocycles. The lowest BCUT2D eigenvalue weighted by atomic mass is 10.1. The Hall–Kier alpha value is -2.66. The van der Waals surface area contributed by atoms with Gasteiger partial charge in [0.25, 0.3) is 5.91 Å². The van der Waals surface area contributed by atoms with Crippen molar-refractivity contribution in [3.05, 3.63) is 65.0 Å². The molecule has 1 amide bonds. The van der Waals surface area contributed by atoms with Gasteiger partial charge in [-0.25, -0.2) is 5.48 Å². The van der Waals surface area contributed by atoms with E-state index in [0.29, 0.717) is 22.4 Å². The molecule has 1 heterocycles. The van der Waals surface area contributed by atoms with Gasteiger partial charge < -0.3 is 4.57 Å². The Bertz CT molecular complexity index is 700. The third-order valence-electron chi connectivity index (χ3n) is 3.17. The summed E-state index contributed by atoms with van der Waals surface area (Å²) in [5.41, 5.74) is 3.79. The fourth-order valence-corrected chi connectivity index (χ4v) is 1.98. The van der Waals surface area contributed by atoms with E-state index in [9.17, 15) is 9.59 Å². The molecule has 0 spiro atoms. The summed E-state index contributed by atoms with van der Waals surface area (Å²) >= 11 is 0. The normalized spacial score (nSPS) is 11.3. The first-order chi connectivity index (χ1) is 10.0. The molecule has 1 aromatic heterocycles. The highest BCUT2D eigenvalue weighted by Crippen LogP contribution is 2.15. The molecule has 0 aliphatic rings. The second kappa shape index (κ2) is 6.19. The first-order valence-electron chi connectivity index (χ1n) is 6.41. The van der Waals surface area contributed by atoms with Crippen molar-refractivity contribution in [1.29, 1.82) is 0 Å². The number of nitrogens with zero attached hydrogens (tertiary/aromatic N) is 1. The predicted molar refractivity (Wildman–Crippen MR) is 78.9 cm³/mol. The largest absolute Gasteiger partial charge is 0.350 e. The van der Waals surface area contributed by atoms with E-state index < -0.39 is 5.91 Å². The molecule has 108 valence electrons. The van der Waals surface area contributed by atoms with Gasteiger partial charge in [-0.15, -0.1) is 0 Å². The van der Waals surface area contributed by atoms with E-state index in [2.05, 4.69) is 0 Å². The molecule has 5 heteroatoms. The number of carbonyl (C=O) groups excluding carboxylic acids is 2. The fraction of sp³-hybridized carbons (Fsp3) is 0.125. The van der Waals surface area contributed by atoms with Crippen LogP contribution in [0.15, 0.2) is 48.2 Å². The SMILES string of the molecule is C/C(=C\c1cc(C(=O)c2ccccc2)cn1C)C(=O)NO. The summed E-state index contributed by atoms with van der Waals surface area (Å²) in [4.78, 5) is 23.6. The molecule has 0 saturated carbocycles. The van der Waals surface area contributed by atoms with Crippen LogP contribution in [0.1, 0.15) is 28.5 Å². The summed E-state index contributed by atoms with van der Waals surface area (Å²) in [7, 11) is 1.79. The van der Waals surface area contributed by atoms with E-state index in [1.165, 1.54) is 0 Å². The van der Waals surface area contributed by atoms with Crippen molar-refractivity contribution in [3.63, 3.8) is 0 Å². The molecule has 0 fully saturated rings. The second-order valence-corrected chi connectivity index (χ2v) is 4.73. The standard InChI is InChI=1S/C16H16N2O3/c1-11(16(20)17-21)8-14-9-13(10-18(14)2)15(19)12-6-4-3-5-7-12/h3-10,21H,1-2H3,(H,17,20)/b11-8+. The Morgan fingerprint density at radius 2 is 1.86 bits per heavy atom. The Kier molecular flexibility index (Phi) is 4.35. The van der Waals surface area contributed by atoms with Crippen molar-refractivity contribution in [2.75, 3.05) is 0 Å². The van der Waals surface area contributed by atoms with Crippen LogP contribution in [-0.2, 0) is 11.8 Å². The van der Waals surface area contributed by atoms with Gasteiger partial charge in [0.15, 0.2) is 5.78 Å². The number of benzene rings is 1. The van der Waals surface area contributed by atoms with Crippen molar-refractivity contribution in [3.8, 4) is 0 Å². The molecule has 0 bridgehead atoms. The van der Waals surface area contributed by atoms with Crippen molar-refractivity contribution in [2.45, 2.75) is 6.92 Å². The third-order valence-corrected chi connectivity index (χ3v) is 3.17. The van der Waals surface area contributed by atoms with Crippen LogP contribution < -0.4 is 5.48 Å². The minimum absolute atomic E-state index is 0.0740. The van der Waals surface area contributed by atoms with E-state index in [4.69, 9.17) is 5.21 Å². The fourth-order valence-electron chi connectivity index (χ4n) is 1.98. The molecule has 21 heavy (non-hydrogen) atoms. The number of hydroxylamine groups is 1. The quantitative estimate of drug-likeness (QED) is 0.391. The van der Waals surface area contributed by atoms with Crippen LogP contribution in [0.25, 0.3) is 6.08 Å². The van der Waals surface area contributed by atoms with Gasteiger partial charge in [-0.05, 0) is 19.1 Å². The van der Waals surface area contributed by atoms with E-state index in [0.717, 1.165) is 0 Å². The number of hydrogen-bond donors (Lipinski definition) is 2. The van der Waals surface area contributed by atoms with Gasteiger partial charge >= 0.3 is 0 Å². The van der Waals surface area contributed by atoms with Crippen molar-refractivity contribution in [2.24, 2.45) is 7.05 Å². The Morgan fingerprint density at radius 1 is 1.19 bits per heavy atom. The Morgan fingerprint density at radius 3 is 2.48 bits per heavy atom. The molecule has 5 nitrogen and oxygen atoms in total. The molecule has 2 N–H and O–H groups in total. The van der Waals surface area contributed by atoms with E-state index in [1.807, 2.05) is 18.2 Å². The predicted octanol–water partition coefficient (Wildman–Crippen LogP) is 2.16. The van der Waals surface area contributed by atoms with Gasteiger partial charge in [-0.2, -0.15) is 0 Å². The Labute approximate surface area is 122 Å². The lowest BCUT2D eigenvalue weighted by molar-refractivity contribution is -0.125. The number of aryl methyl sites for hydroxylation is 1. The zero-order valence-electron chi connectivity index (χ0n) is 11.8. The van der Waals surface area contributed by atoms with Crippen LogP contribution in [0.3, 0.4) is 0 Å². The first-order valence-corrected chi connectivity index (χ1v) is 6.41. The van der Waals surface area contributed by atoms with Crippen LogP contribution in [0.4, 0.5) is 0 Å². The van der Waals surface area contributed by atoms with Crippen molar-refractivity contribution < 1.29 is 14.8 Å². The smallest absolute Gasteiger partial charge is 0.270 e. The third kappa shape index (κ3) is 3.27. The molecule has 0 atom stereocenters. The maximum absolute atomic E-state index is 12.3. The highest BCUT2D eigenvalue weighted by molar-refractivity contribution is 6.09. The monoisotopic (exact) mass is 284 g/mol. The van der Waals surface area contributed by atoms with Crippen LogP contribution >= 0.6 is 0 Å². The molecule has 2 rings (SSSR count). The lowest BCUT2D eigenvalue weighted by Gasteiger charge is -1.99. The number of aromatic nitrogens is 1. The first kappa shape index (κ1) is 14.7. The average molecular weight is 284 g/mol. The minimum Gasteiger partial charge on any atom is -0.350 e. The summed E-state index contributed by atoms with van der Waals surface area (Å²) < 4.78 is 1.75. The number of hydrogen-bond acceptors (Lipinski definition) is 3. The van der Waals surface area contributed by atoms with Crippen LogP contribution in [0.2, 0.25) is 0 Å². The number of carbonyl (C=O) groups is 2. The molecule has 0 saturated heterocycles. The highest BCUT2D eigenvalue weighted by Gasteiger charge is 2.12. The van der Waals surface area contributed by atoms with Gasteiger partial charge in [0.1, 0.15) is 0 Å². The minimum atomic E-state index is -0.577. The molecule has 0 unspecified atom stereocenters. The lowest BCUT2D eigenvalue weighted by Crippen LogP contribution is -2.19. The summed E-state index contributed by atoms with van der Waals surface area (Å²) in [6.07, 6.45) is 3.32. The molecule has 2 aromatic rings. The number of ketones is 1. The molecule has 0 radical (unpaired) electrons. The van der Waals surface area contributed by atoms with Crippen molar-refractivity contribution in [1.82, 2.24) is 10.0 Å². The number of nitrogens with one attached hydrogen (secondary N) is 1. The van der Waals surface area contributed by atoms with E-state index in [-0.39, 0.29) is 5.78 Å². The molecular weight excluding hydrogens is 268 g/mol.